The van der Waals surface area contributed by atoms with Crippen LogP contribution in [0.5, 0.6) is 0 Å². The van der Waals surface area contributed by atoms with Crippen LogP contribution in [0.1, 0.15) is 136 Å². The van der Waals surface area contributed by atoms with E-state index in [1.807, 2.05) is 0 Å². The Bertz CT molecular complexity index is 532. The van der Waals surface area contributed by atoms with Gasteiger partial charge in [-0.05, 0) is 0 Å². The Balaban J connectivity index is 2.99. The van der Waals surface area contributed by atoms with Crippen LogP contribution in [0.15, 0.2) is 42.7 Å². The van der Waals surface area contributed by atoms with Gasteiger partial charge in [0.25, 0.3) is 0 Å². The van der Waals surface area contributed by atoms with E-state index in [2.05, 4.69) is 63.5 Å². The normalized spacial score (nSPS) is 13.0. The second-order valence-electron chi connectivity index (χ2n) is 10.8. The molecule has 0 aliphatic heterocycles. The third kappa shape index (κ3) is 11.1. The topological polar surface area (TPSA) is 0 Å². The molecule has 0 fully saturated rings. The standard InChI is InChI=1S/C32H59P/c1-5-9-12-15-18-24-29-33(8-4,32-27-22-21-23-28-32,30-25-19-16-13-10-6-2)31-26-20-17-14-11-7-3/h8,21-23,27-28H,4-7,9-20,24-26,29-31H2,1-3H3. The van der Waals surface area contributed by atoms with Crippen molar-refractivity contribution in [3.05, 3.63) is 42.7 Å². The predicted molar refractivity (Wildman–Crippen MR) is 158 cm³/mol. The summed E-state index contributed by atoms with van der Waals surface area (Å²) in [5, 5.41) is 1.68. The summed E-state index contributed by atoms with van der Waals surface area (Å²) in [4.78, 5) is 0. The molecule has 0 saturated heterocycles. The van der Waals surface area contributed by atoms with E-state index >= 15 is 0 Å². The molecular formula is C32H59P. The number of hydrogen-bond donors (Lipinski definition) is 0. The van der Waals surface area contributed by atoms with Crippen molar-refractivity contribution >= 4 is 11.9 Å². The molecule has 0 radical (unpaired) electrons. The van der Waals surface area contributed by atoms with E-state index in [0.717, 1.165) is 0 Å². The Morgan fingerprint density at radius 3 is 1.18 bits per heavy atom. The van der Waals surface area contributed by atoms with Gasteiger partial charge in [0.1, 0.15) is 0 Å². The summed E-state index contributed by atoms with van der Waals surface area (Å²) in [6.07, 6.45) is 29.4. The maximum atomic E-state index is 4.62. The molecule has 0 aliphatic rings. The molecule has 0 amide bonds. The van der Waals surface area contributed by atoms with Crippen molar-refractivity contribution in [1.29, 1.82) is 0 Å². The van der Waals surface area contributed by atoms with E-state index in [4.69, 9.17) is 0 Å². The predicted octanol–water partition coefficient (Wildman–Crippen LogP) is 11.1. The van der Waals surface area contributed by atoms with E-state index < -0.39 is 6.60 Å². The Kier molecular flexibility index (Phi) is 17.2. The van der Waals surface area contributed by atoms with E-state index in [1.165, 1.54) is 134 Å². The molecule has 1 heteroatoms. The van der Waals surface area contributed by atoms with Gasteiger partial charge in [-0.25, -0.2) is 0 Å². The quantitative estimate of drug-likeness (QED) is 0.109. The Hall–Kier alpha value is -0.610. The number of unbranched alkanes of at least 4 members (excludes halogenated alkanes) is 15. The van der Waals surface area contributed by atoms with Gasteiger partial charge in [-0.15, -0.1) is 0 Å². The summed E-state index contributed by atoms with van der Waals surface area (Å²) in [5.74, 6) is 2.56. The second kappa shape index (κ2) is 18.7. The molecule has 0 spiro atoms. The summed E-state index contributed by atoms with van der Waals surface area (Å²) in [5.41, 5.74) is 0. The molecule has 1 rings (SSSR count). The number of rotatable bonds is 23. The Labute approximate surface area is 209 Å². The van der Waals surface area contributed by atoms with Crippen LogP contribution < -0.4 is 5.30 Å². The summed E-state index contributed by atoms with van der Waals surface area (Å²) in [6, 6.07) is 11.8. The summed E-state index contributed by atoms with van der Waals surface area (Å²) < 4.78 is 0. The van der Waals surface area contributed by atoms with E-state index in [9.17, 15) is 0 Å². The average molecular weight is 475 g/mol. The van der Waals surface area contributed by atoms with Crippen LogP contribution in [0.2, 0.25) is 0 Å². The van der Waals surface area contributed by atoms with Crippen molar-refractivity contribution in [1.82, 2.24) is 0 Å². The van der Waals surface area contributed by atoms with Crippen molar-refractivity contribution in [2.75, 3.05) is 18.5 Å². The number of benzene rings is 1. The summed E-state index contributed by atoms with van der Waals surface area (Å²) in [6.45, 7) is 9.44. The van der Waals surface area contributed by atoms with Gasteiger partial charge in [-0.1, -0.05) is 0 Å². The molecule has 1 aromatic rings. The van der Waals surface area contributed by atoms with E-state index in [1.54, 1.807) is 5.30 Å². The van der Waals surface area contributed by atoms with Gasteiger partial charge in [-0.2, -0.15) is 0 Å². The fourth-order valence-corrected chi connectivity index (χ4v) is 12.0. The van der Waals surface area contributed by atoms with Crippen LogP contribution in [0, 0.1) is 0 Å². The first kappa shape index (κ1) is 30.4. The first-order valence-corrected chi connectivity index (χ1v) is 17.7. The van der Waals surface area contributed by atoms with Gasteiger partial charge in [0.2, 0.25) is 0 Å². The van der Waals surface area contributed by atoms with Crippen LogP contribution in [-0.2, 0) is 0 Å². The molecule has 0 N–H and O–H groups in total. The summed E-state index contributed by atoms with van der Waals surface area (Å²) >= 11 is 0. The van der Waals surface area contributed by atoms with Crippen LogP contribution in [0.4, 0.5) is 0 Å². The molecule has 1 aromatic carbocycles. The molecule has 0 heterocycles. The van der Waals surface area contributed by atoms with Gasteiger partial charge in [0.05, 0.1) is 0 Å². The molecule has 192 valence electrons. The SMILES string of the molecule is C=CP(CCCCCCCC)(CCCCCCCC)(CCCCCCCC)c1ccccc1. The fraction of sp³-hybridized carbons (Fsp3) is 0.750. The number of hydrogen-bond acceptors (Lipinski definition) is 0. The van der Waals surface area contributed by atoms with Crippen LogP contribution in [-0.4, -0.2) is 18.5 Å². The Morgan fingerprint density at radius 1 is 0.515 bits per heavy atom. The van der Waals surface area contributed by atoms with Gasteiger partial charge in [0, 0.05) is 0 Å². The molecule has 0 aliphatic carbocycles. The van der Waals surface area contributed by atoms with Crippen molar-refractivity contribution < 1.29 is 0 Å². The zero-order valence-electron chi connectivity index (χ0n) is 23.0. The third-order valence-corrected chi connectivity index (χ3v) is 15.1. The zero-order chi connectivity index (χ0) is 24.1. The monoisotopic (exact) mass is 474 g/mol. The van der Waals surface area contributed by atoms with Crippen molar-refractivity contribution in [3.8, 4) is 0 Å². The average Bonchev–Trinajstić information content (AvgIpc) is 2.86. The van der Waals surface area contributed by atoms with Crippen LogP contribution in [0.25, 0.3) is 0 Å². The molecule has 0 unspecified atom stereocenters. The molecule has 0 saturated carbocycles. The molecule has 0 bridgehead atoms. The van der Waals surface area contributed by atoms with Gasteiger partial charge < -0.3 is 0 Å². The molecular weight excluding hydrogens is 415 g/mol. The van der Waals surface area contributed by atoms with E-state index in [-0.39, 0.29) is 0 Å². The first-order chi connectivity index (χ1) is 16.2. The molecule has 0 aromatic heterocycles. The fourth-order valence-electron chi connectivity index (χ4n) is 5.79. The van der Waals surface area contributed by atoms with Gasteiger partial charge in [0.15, 0.2) is 0 Å². The second-order valence-corrected chi connectivity index (χ2v) is 16.7. The molecule has 33 heavy (non-hydrogen) atoms. The zero-order valence-corrected chi connectivity index (χ0v) is 23.9. The van der Waals surface area contributed by atoms with Crippen molar-refractivity contribution in [2.45, 2.75) is 136 Å². The Morgan fingerprint density at radius 2 is 0.848 bits per heavy atom. The van der Waals surface area contributed by atoms with Crippen LogP contribution >= 0.6 is 6.60 Å². The third-order valence-electron chi connectivity index (χ3n) is 8.14. The molecule has 0 nitrogen and oxygen atoms in total. The maximum absolute atomic E-state index is 4.62. The van der Waals surface area contributed by atoms with Crippen LogP contribution in [0.3, 0.4) is 0 Å². The van der Waals surface area contributed by atoms with Crippen molar-refractivity contribution in [3.63, 3.8) is 0 Å². The summed E-state index contributed by atoms with van der Waals surface area (Å²) in [7, 11) is 0. The molecule has 0 atom stereocenters. The van der Waals surface area contributed by atoms with E-state index in [0.29, 0.717) is 0 Å². The van der Waals surface area contributed by atoms with Gasteiger partial charge >= 0.3 is 209 Å². The minimum absolute atomic E-state index is 1.34. The first-order valence-electron chi connectivity index (χ1n) is 14.9. The minimum atomic E-state index is -2.14. The van der Waals surface area contributed by atoms with Crippen molar-refractivity contribution in [2.24, 2.45) is 0 Å². The van der Waals surface area contributed by atoms with Gasteiger partial charge in [-0.3, -0.25) is 0 Å².